The average Bonchev–Trinajstić information content (AvgIpc) is 2.35. The van der Waals surface area contributed by atoms with Crippen LogP contribution < -0.4 is 0 Å². The van der Waals surface area contributed by atoms with Crippen molar-refractivity contribution in [3.63, 3.8) is 0 Å². The Hall–Kier alpha value is -1.06. The van der Waals surface area contributed by atoms with Gasteiger partial charge in [0.05, 0.1) is 5.92 Å². The van der Waals surface area contributed by atoms with Gasteiger partial charge in [-0.15, -0.1) is 0 Å². The monoisotopic (exact) mass is 292 g/mol. The molecule has 0 N–H and O–H groups in total. The third kappa shape index (κ3) is 2.01. The minimum atomic E-state index is -0.562. The minimum absolute atomic E-state index is 0.108. The van der Waals surface area contributed by atoms with Gasteiger partial charge >= 0.3 is 5.97 Å². The molecule has 5 saturated carbocycles. The normalized spacial score (nSPS) is 45.8. The lowest BCUT2D eigenvalue weighted by molar-refractivity contribution is -0.219. The summed E-state index contributed by atoms with van der Waals surface area (Å²) in [6, 6.07) is 0. The highest BCUT2D eigenvalue weighted by atomic mass is 16.6. The Morgan fingerprint density at radius 2 is 1.81 bits per heavy atom. The van der Waals surface area contributed by atoms with Crippen LogP contribution in [0.3, 0.4) is 0 Å². The van der Waals surface area contributed by atoms with Crippen molar-refractivity contribution in [1.29, 1.82) is 0 Å². The number of carbonyl (C=O) groups excluding carboxylic acids is 2. The summed E-state index contributed by atoms with van der Waals surface area (Å²) in [5.41, 5.74) is -0.832. The molecule has 4 bridgehead atoms. The van der Waals surface area contributed by atoms with Crippen molar-refractivity contribution in [2.45, 2.75) is 69.5 Å². The Morgan fingerprint density at radius 1 is 1.14 bits per heavy atom. The molecule has 0 aromatic rings. The van der Waals surface area contributed by atoms with Crippen molar-refractivity contribution in [2.75, 3.05) is 0 Å². The zero-order valence-electron chi connectivity index (χ0n) is 12.7. The lowest BCUT2D eigenvalue weighted by atomic mass is 9.49. The van der Waals surface area contributed by atoms with E-state index in [-0.39, 0.29) is 17.5 Å². The SMILES string of the molecule is CC1(OC(=O)C2C3CC4CC(C3)CC2(OC=O)C4)CCC1. The average molecular weight is 292 g/mol. The van der Waals surface area contributed by atoms with Crippen LogP contribution in [0.4, 0.5) is 0 Å². The highest BCUT2D eigenvalue weighted by Gasteiger charge is 2.62. The molecule has 0 spiro atoms. The topological polar surface area (TPSA) is 52.6 Å². The van der Waals surface area contributed by atoms with Crippen LogP contribution in [0.1, 0.15) is 58.3 Å². The number of hydrogen-bond donors (Lipinski definition) is 0. The van der Waals surface area contributed by atoms with Crippen LogP contribution >= 0.6 is 0 Å². The molecule has 0 aromatic heterocycles. The second-order valence-corrected chi connectivity index (χ2v) is 8.09. The summed E-state index contributed by atoms with van der Waals surface area (Å²) in [6.45, 7) is 2.58. The first-order chi connectivity index (χ1) is 10.0. The lowest BCUT2D eigenvalue weighted by Crippen LogP contribution is -2.61. The Kier molecular flexibility index (Phi) is 2.89. The zero-order chi connectivity index (χ0) is 14.7. The van der Waals surface area contributed by atoms with E-state index < -0.39 is 5.60 Å². The van der Waals surface area contributed by atoms with Gasteiger partial charge in [0, 0.05) is 0 Å². The van der Waals surface area contributed by atoms with E-state index in [1.165, 1.54) is 6.42 Å². The van der Waals surface area contributed by atoms with Crippen LogP contribution in [0.25, 0.3) is 0 Å². The Balaban J connectivity index is 1.59. The number of hydrogen-bond acceptors (Lipinski definition) is 4. The number of carbonyl (C=O) groups is 2. The van der Waals surface area contributed by atoms with E-state index >= 15 is 0 Å². The van der Waals surface area contributed by atoms with Gasteiger partial charge in [0.2, 0.25) is 0 Å². The summed E-state index contributed by atoms with van der Waals surface area (Å²) in [5.74, 6) is 1.28. The van der Waals surface area contributed by atoms with Gasteiger partial charge in [-0.1, -0.05) is 0 Å². The van der Waals surface area contributed by atoms with Crippen LogP contribution in [-0.4, -0.2) is 23.6 Å². The van der Waals surface area contributed by atoms with Crippen LogP contribution in [0.15, 0.2) is 0 Å². The molecule has 3 unspecified atom stereocenters. The molecule has 4 heteroatoms. The molecule has 5 fully saturated rings. The largest absolute Gasteiger partial charge is 0.460 e. The molecule has 0 radical (unpaired) electrons. The molecule has 0 heterocycles. The fourth-order valence-corrected chi connectivity index (χ4v) is 5.72. The van der Waals surface area contributed by atoms with Gasteiger partial charge in [0.1, 0.15) is 11.2 Å². The van der Waals surface area contributed by atoms with Gasteiger partial charge in [-0.3, -0.25) is 9.59 Å². The van der Waals surface area contributed by atoms with Crippen LogP contribution in [0.5, 0.6) is 0 Å². The van der Waals surface area contributed by atoms with E-state index in [4.69, 9.17) is 9.47 Å². The molecule has 5 aliphatic rings. The van der Waals surface area contributed by atoms with Crippen molar-refractivity contribution in [3.05, 3.63) is 0 Å². The number of ether oxygens (including phenoxy) is 2. The summed E-state index contributed by atoms with van der Waals surface area (Å²) >= 11 is 0. The molecule has 0 amide bonds. The second-order valence-electron chi connectivity index (χ2n) is 8.09. The Morgan fingerprint density at radius 3 is 2.33 bits per heavy atom. The standard InChI is InChI=1S/C17H24O4/c1-16(3-2-4-16)21-15(19)14-13-6-11-5-12(7-13)9-17(14,8-11)20-10-18/h10-14H,2-9H2,1H3. The first-order valence-electron chi connectivity index (χ1n) is 8.38. The van der Waals surface area contributed by atoms with E-state index in [0.717, 1.165) is 44.9 Å². The summed E-state index contributed by atoms with van der Waals surface area (Å²) in [5, 5.41) is 0. The van der Waals surface area contributed by atoms with Crippen molar-refractivity contribution in [2.24, 2.45) is 23.7 Å². The molecule has 116 valence electrons. The third-order valence-corrected chi connectivity index (χ3v) is 6.54. The molecule has 5 aliphatic carbocycles. The molecular weight excluding hydrogens is 268 g/mol. The molecular formula is C17H24O4. The first-order valence-corrected chi connectivity index (χ1v) is 8.38. The molecule has 4 nitrogen and oxygen atoms in total. The van der Waals surface area contributed by atoms with Gasteiger partial charge in [-0.05, 0) is 76.0 Å². The quantitative estimate of drug-likeness (QED) is 0.590. The van der Waals surface area contributed by atoms with E-state index in [2.05, 4.69) is 0 Å². The molecule has 0 saturated heterocycles. The van der Waals surface area contributed by atoms with Crippen molar-refractivity contribution in [1.82, 2.24) is 0 Å². The van der Waals surface area contributed by atoms with Crippen molar-refractivity contribution < 1.29 is 19.1 Å². The van der Waals surface area contributed by atoms with E-state index in [1.807, 2.05) is 6.92 Å². The van der Waals surface area contributed by atoms with Gasteiger partial charge in [0.25, 0.3) is 6.47 Å². The second kappa shape index (κ2) is 4.47. The van der Waals surface area contributed by atoms with Crippen LogP contribution in [0, 0.1) is 23.7 Å². The number of esters is 1. The summed E-state index contributed by atoms with van der Waals surface area (Å²) in [7, 11) is 0. The highest BCUT2D eigenvalue weighted by molar-refractivity contribution is 5.76. The van der Waals surface area contributed by atoms with Crippen LogP contribution in [-0.2, 0) is 19.1 Å². The van der Waals surface area contributed by atoms with Crippen molar-refractivity contribution >= 4 is 12.4 Å². The van der Waals surface area contributed by atoms with E-state index in [9.17, 15) is 9.59 Å². The molecule has 3 atom stereocenters. The zero-order valence-corrected chi connectivity index (χ0v) is 12.7. The summed E-state index contributed by atoms with van der Waals surface area (Å²) in [4.78, 5) is 23.8. The summed E-state index contributed by atoms with van der Waals surface area (Å²) < 4.78 is 11.4. The third-order valence-electron chi connectivity index (χ3n) is 6.54. The smallest absolute Gasteiger partial charge is 0.313 e. The molecule has 0 aliphatic heterocycles. The minimum Gasteiger partial charge on any atom is -0.460 e. The summed E-state index contributed by atoms with van der Waals surface area (Å²) in [6.07, 6.45) is 8.24. The predicted molar refractivity (Wildman–Crippen MR) is 75.3 cm³/mol. The molecule has 21 heavy (non-hydrogen) atoms. The van der Waals surface area contributed by atoms with Crippen molar-refractivity contribution in [3.8, 4) is 0 Å². The Labute approximate surface area is 125 Å². The first kappa shape index (κ1) is 13.6. The predicted octanol–water partition coefficient (Wildman–Crippen LogP) is 2.84. The van der Waals surface area contributed by atoms with Gasteiger partial charge < -0.3 is 9.47 Å². The fourth-order valence-electron chi connectivity index (χ4n) is 5.72. The molecule has 0 aromatic carbocycles. The fraction of sp³-hybridized carbons (Fsp3) is 0.882. The molecule has 5 rings (SSSR count). The van der Waals surface area contributed by atoms with Gasteiger partial charge in [-0.2, -0.15) is 0 Å². The van der Waals surface area contributed by atoms with Gasteiger partial charge in [0.15, 0.2) is 0 Å². The van der Waals surface area contributed by atoms with E-state index in [0.29, 0.717) is 24.2 Å². The Bertz CT molecular complexity index is 453. The van der Waals surface area contributed by atoms with Crippen LogP contribution in [0.2, 0.25) is 0 Å². The maximum Gasteiger partial charge on any atom is 0.313 e. The lowest BCUT2D eigenvalue weighted by Gasteiger charge is -2.59. The van der Waals surface area contributed by atoms with Gasteiger partial charge in [-0.25, -0.2) is 0 Å². The number of rotatable bonds is 4. The van der Waals surface area contributed by atoms with E-state index in [1.54, 1.807) is 0 Å². The maximum absolute atomic E-state index is 12.8. The highest BCUT2D eigenvalue weighted by Crippen LogP contribution is 2.60. The maximum atomic E-state index is 12.8.